The molecular formula is C19H17ClFN7O2S. The van der Waals surface area contributed by atoms with Crippen LogP contribution < -0.4 is 15.9 Å². The van der Waals surface area contributed by atoms with Crippen molar-refractivity contribution in [1.82, 2.24) is 24.1 Å². The van der Waals surface area contributed by atoms with Crippen LogP contribution in [0.15, 0.2) is 29.3 Å². The van der Waals surface area contributed by atoms with Gasteiger partial charge in [-0.25, -0.2) is 23.3 Å². The Morgan fingerprint density at radius 2 is 2.06 bits per heavy atom. The highest BCUT2D eigenvalue weighted by molar-refractivity contribution is 7.22. The Kier molecular flexibility index (Phi) is 5.06. The molecule has 0 unspecified atom stereocenters. The predicted molar refractivity (Wildman–Crippen MR) is 117 cm³/mol. The summed E-state index contributed by atoms with van der Waals surface area (Å²) < 4.78 is 16.4. The van der Waals surface area contributed by atoms with Crippen molar-refractivity contribution >= 4 is 55.7 Å². The van der Waals surface area contributed by atoms with Crippen molar-refractivity contribution in [2.24, 2.45) is 0 Å². The first kappa shape index (κ1) is 19.9. The number of benzene rings is 1. The molecule has 0 atom stereocenters. The van der Waals surface area contributed by atoms with E-state index in [1.807, 2.05) is 0 Å². The molecule has 1 aliphatic heterocycles. The predicted octanol–water partition coefficient (Wildman–Crippen LogP) is 2.92. The van der Waals surface area contributed by atoms with Gasteiger partial charge >= 0.3 is 5.69 Å². The maximum absolute atomic E-state index is 13.3. The summed E-state index contributed by atoms with van der Waals surface area (Å²) in [7, 11) is 0. The molecule has 1 N–H and O–H groups in total. The molecule has 1 aromatic carbocycles. The van der Waals surface area contributed by atoms with Gasteiger partial charge in [0.25, 0.3) is 0 Å². The molecule has 12 heteroatoms. The highest BCUT2D eigenvalue weighted by Gasteiger charge is 2.20. The quantitative estimate of drug-likeness (QED) is 0.502. The number of thiazole rings is 1. The molecule has 0 saturated carbocycles. The normalized spacial score (nSPS) is 14.5. The molecule has 31 heavy (non-hydrogen) atoms. The lowest BCUT2D eigenvalue weighted by Crippen LogP contribution is -2.29. The van der Waals surface area contributed by atoms with Crippen LogP contribution in [0.1, 0.15) is 19.3 Å². The van der Waals surface area contributed by atoms with E-state index in [1.54, 1.807) is 0 Å². The van der Waals surface area contributed by atoms with E-state index in [4.69, 9.17) is 11.6 Å². The molecule has 4 heterocycles. The van der Waals surface area contributed by atoms with E-state index in [9.17, 15) is 14.0 Å². The van der Waals surface area contributed by atoms with Gasteiger partial charge in [-0.3, -0.25) is 4.79 Å². The van der Waals surface area contributed by atoms with Gasteiger partial charge in [0, 0.05) is 18.8 Å². The van der Waals surface area contributed by atoms with E-state index >= 15 is 0 Å². The monoisotopic (exact) mass is 461 g/mol. The summed E-state index contributed by atoms with van der Waals surface area (Å²) in [5.74, 6) is -1.07. The summed E-state index contributed by atoms with van der Waals surface area (Å²) in [6, 6.07) is 3.84. The minimum absolute atomic E-state index is 0.106. The van der Waals surface area contributed by atoms with Gasteiger partial charge in [-0.05, 0) is 37.5 Å². The smallest absolute Gasteiger partial charge is 0.348 e. The second-order valence-electron chi connectivity index (χ2n) is 7.25. The van der Waals surface area contributed by atoms with E-state index in [1.165, 1.54) is 40.6 Å². The summed E-state index contributed by atoms with van der Waals surface area (Å²) in [6.07, 6.45) is 4.85. The maximum Gasteiger partial charge on any atom is 0.352 e. The van der Waals surface area contributed by atoms with Crippen LogP contribution in [0.3, 0.4) is 0 Å². The third-order valence-corrected chi connectivity index (χ3v) is 6.48. The lowest BCUT2D eigenvalue weighted by Gasteiger charge is -2.25. The first-order chi connectivity index (χ1) is 15.0. The van der Waals surface area contributed by atoms with E-state index < -0.39 is 17.4 Å². The zero-order valence-corrected chi connectivity index (χ0v) is 17.8. The van der Waals surface area contributed by atoms with Crippen molar-refractivity contribution in [3.63, 3.8) is 0 Å². The number of hydrogen-bond acceptors (Lipinski definition) is 7. The Morgan fingerprint density at radius 3 is 2.84 bits per heavy atom. The number of nitrogens with zero attached hydrogens (tertiary/aromatic N) is 6. The first-order valence-corrected chi connectivity index (χ1v) is 10.9. The standard InChI is InChI=1S/C19H17ClFN7O2S/c20-12-8-11(4-5-13(12)21)23-14(29)9-28-19(30)27-10-22-16-15(17(27)25-28)31-18(24-16)26-6-2-1-3-7-26/h4-5,8,10H,1-3,6-7,9H2,(H,23,29). The van der Waals surface area contributed by atoms with Crippen molar-refractivity contribution in [2.75, 3.05) is 23.3 Å². The van der Waals surface area contributed by atoms with Gasteiger partial charge in [-0.2, -0.15) is 4.98 Å². The van der Waals surface area contributed by atoms with Crippen molar-refractivity contribution in [3.8, 4) is 0 Å². The maximum atomic E-state index is 13.3. The second kappa shape index (κ2) is 7.89. The van der Waals surface area contributed by atoms with E-state index in [2.05, 4.69) is 25.3 Å². The number of nitrogens with one attached hydrogen (secondary N) is 1. The molecule has 1 amide bonds. The average molecular weight is 462 g/mol. The van der Waals surface area contributed by atoms with Crippen molar-refractivity contribution in [2.45, 2.75) is 25.8 Å². The van der Waals surface area contributed by atoms with E-state index in [0.717, 1.165) is 41.8 Å². The minimum Gasteiger partial charge on any atom is -0.348 e. The molecule has 4 aromatic rings. The number of halogens is 2. The van der Waals surface area contributed by atoms with Crippen LogP contribution in [0.4, 0.5) is 15.2 Å². The topological polar surface area (TPSA) is 97.4 Å². The summed E-state index contributed by atoms with van der Waals surface area (Å²) in [5.41, 5.74) is 0.782. The summed E-state index contributed by atoms with van der Waals surface area (Å²) in [4.78, 5) is 36.2. The Labute approximate surface area is 184 Å². The molecule has 160 valence electrons. The van der Waals surface area contributed by atoms with Crippen molar-refractivity contribution in [3.05, 3.63) is 45.9 Å². The molecule has 3 aromatic heterocycles. The third-order valence-electron chi connectivity index (χ3n) is 5.09. The van der Waals surface area contributed by atoms with Gasteiger partial charge in [0.2, 0.25) is 5.91 Å². The molecule has 1 fully saturated rings. The SMILES string of the molecule is O=C(Cn1nc2c3sc(N4CCCCC4)nc3ncn2c1=O)Nc1ccc(F)c(Cl)c1. The molecule has 1 saturated heterocycles. The molecular weight excluding hydrogens is 445 g/mol. The molecule has 9 nitrogen and oxygen atoms in total. The highest BCUT2D eigenvalue weighted by atomic mass is 35.5. The molecule has 0 bridgehead atoms. The number of amides is 1. The van der Waals surface area contributed by atoms with Crippen LogP contribution in [0.5, 0.6) is 0 Å². The number of rotatable bonds is 4. The van der Waals surface area contributed by atoms with Crippen LogP contribution in [0, 0.1) is 5.82 Å². The van der Waals surface area contributed by atoms with Gasteiger partial charge in [-0.1, -0.05) is 22.9 Å². The van der Waals surface area contributed by atoms with Crippen LogP contribution in [0.2, 0.25) is 5.02 Å². The molecule has 1 aliphatic rings. The number of fused-ring (bicyclic) bond motifs is 3. The van der Waals surface area contributed by atoms with Gasteiger partial charge in [-0.15, -0.1) is 5.10 Å². The summed E-state index contributed by atoms with van der Waals surface area (Å²) >= 11 is 7.18. The molecule has 0 radical (unpaired) electrons. The minimum atomic E-state index is -0.582. The van der Waals surface area contributed by atoms with Crippen LogP contribution in [-0.4, -0.2) is 43.1 Å². The van der Waals surface area contributed by atoms with Gasteiger partial charge in [0.15, 0.2) is 16.4 Å². The number of carbonyl (C=O) groups is 1. The lowest BCUT2D eigenvalue weighted by molar-refractivity contribution is -0.117. The Bertz CT molecular complexity index is 1360. The number of aromatic nitrogens is 5. The van der Waals surface area contributed by atoms with Gasteiger partial charge in [0.1, 0.15) is 23.4 Å². The van der Waals surface area contributed by atoms with Crippen molar-refractivity contribution < 1.29 is 9.18 Å². The number of piperidine rings is 1. The third kappa shape index (κ3) is 3.74. The second-order valence-corrected chi connectivity index (χ2v) is 8.64. The fourth-order valence-electron chi connectivity index (χ4n) is 3.56. The fourth-order valence-corrected chi connectivity index (χ4v) is 4.79. The Morgan fingerprint density at radius 1 is 1.26 bits per heavy atom. The lowest BCUT2D eigenvalue weighted by atomic mass is 10.1. The number of hydrogen-bond donors (Lipinski definition) is 1. The van der Waals surface area contributed by atoms with Gasteiger partial charge < -0.3 is 10.2 Å². The Balaban J connectivity index is 1.43. The fraction of sp³-hybridized carbons (Fsp3) is 0.316. The largest absolute Gasteiger partial charge is 0.352 e. The number of anilines is 2. The first-order valence-electron chi connectivity index (χ1n) is 9.74. The van der Waals surface area contributed by atoms with Gasteiger partial charge in [0.05, 0.1) is 5.02 Å². The molecule has 0 spiro atoms. The number of carbonyl (C=O) groups excluding carboxylic acids is 1. The zero-order valence-electron chi connectivity index (χ0n) is 16.2. The molecule has 0 aliphatic carbocycles. The van der Waals surface area contributed by atoms with E-state index in [0.29, 0.717) is 21.7 Å². The highest BCUT2D eigenvalue weighted by Crippen LogP contribution is 2.31. The average Bonchev–Trinajstić information content (AvgIpc) is 3.33. The Hall–Kier alpha value is -3.05. The summed E-state index contributed by atoms with van der Waals surface area (Å²) in [5, 5.41) is 7.69. The zero-order chi connectivity index (χ0) is 21.5. The van der Waals surface area contributed by atoms with Crippen molar-refractivity contribution in [1.29, 1.82) is 0 Å². The summed E-state index contributed by atoms with van der Waals surface area (Å²) in [6.45, 7) is 1.59. The van der Waals surface area contributed by atoms with E-state index in [-0.39, 0.29) is 11.6 Å². The van der Waals surface area contributed by atoms with Crippen LogP contribution >= 0.6 is 22.9 Å². The van der Waals surface area contributed by atoms with Crippen LogP contribution in [0.25, 0.3) is 16.0 Å². The van der Waals surface area contributed by atoms with Crippen LogP contribution in [-0.2, 0) is 11.3 Å². The molecule has 5 rings (SSSR count).